The first-order chi connectivity index (χ1) is 15.9. The molecule has 3 rings (SSSR count). The highest BCUT2D eigenvalue weighted by Gasteiger charge is 2.25. The molecule has 2 aromatic carbocycles. The summed E-state index contributed by atoms with van der Waals surface area (Å²) in [5.74, 6) is 0.0119. The van der Waals surface area contributed by atoms with Gasteiger partial charge in [0.1, 0.15) is 6.61 Å². The number of esters is 1. The van der Waals surface area contributed by atoms with E-state index in [1.54, 1.807) is 18.2 Å². The van der Waals surface area contributed by atoms with Crippen LogP contribution >= 0.6 is 39.3 Å². The van der Waals surface area contributed by atoms with Gasteiger partial charge >= 0.3 is 5.97 Å². The van der Waals surface area contributed by atoms with E-state index in [0.29, 0.717) is 33.2 Å². The Hall–Kier alpha value is -2.82. The van der Waals surface area contributed by atoms with Crippen LogP contribution in [0.15, 0.2) is 62.1 Å². The molecule has 1 amide bonds. The van der Waals surface area contributed by atoms with E-state index in [-0.39, 0.29) is 16.7 Å². The second-order valence-corrected chi connectivity index (χ2v) is 8.66. The minimum Gasteiger partial charge on any atom is -0.490 e. The lowest BCUT2D eigenvalue weighted by Gasteiger charge is -2.14. The van der Waals surface area contributed by atoms with Crippen LogP contribution in [-0.4, -0.2) is 37.0 Å². The molecular formula is C22H19BrClN3O5S. The SMILES string of the molecule is CCOc1cc(C=N/N=C2/NC(=O)/C(=C\C(=O)OC)S2)c(Br)cc1OCc1ccccc1Cl. The number of carbonyl (C=O) groups excluding carboxylic acids is 2. The van der Waals surface area contributed by atoms with Gasteiger partial charge in [0.2, 0.25) is 0 Å². The Morgan fingerprint density at radius 3 is 2.73 bits per heavy atom. The maximum absolute atomic E-state index is 11.9. The summed E-state index contributed by atoms with van der Waals surface area (Å²) in [4.78, 5) is 23.4. The fourth-order valence-electron chi connectivity index (χ4n) is 2.59. The third-order valence-corrected chi connectivity index (χ3v) is 6.11. The van der Waals surface area contributed by atoms with Crippen LogP contribution in [-0.2, 0) is 20.9 Å². The standard InChI is InChI=1S/C22H19BrClN3O5S/c1-3-31-17-8-14(11-25-27-22-26-21(29)19(33-22)10-20(28)30-2)15(23)9-18(17)32-12-13-6-4-5-7-16(13)24/h4-11H,3,12H2,1-2H3,(H,26,27,29)/b19-10+,25-11?. The first-order valence-electron chi connectivity index (χ1n) is 9.63. The molecule has 0 aliphatic carbocycles. The molecule has 0 bridgehead atoms. The summed E-state index contributed by atoms with van der Waals surface area (Å²) in [5, 5.41) is 11.4. The van der Waals surface area contributed by atoms with Crippen LogP contribution in [0.3, 0.4) is 0 Å². The molecule has 1 aliphatic heterocycles. The average molecular weight is 553 g/mol. The highest BCUT2D eigenvalue weighted by Crippen LogP contribution is 2.34. The third kappa shape index (κ3) is 6.83. The van der Waals surface area contributed by atoms with Gasteiger partial charge < -0.3 is 14.2 Å². The molecule has 2 aromatic rings. The van der Waals surface area contributed by atoms with Crippen molar-refractivity contribution in [2.45, 2.75) is 13.5 Å². The fourth-order valence-corrected chi connectivity index (χ4v) is 3.94. The second kappa shape index (κ2) is 11.9. The molecule has 1 fully saturated rings. The van der Waals surface area contributed by atoms with Crippen molar-refractivity contribution in [2.24, 2.45) is 10.2 Å². The predicted octanol–water partition coefficient (Wildman–Crippen LogP) is 4.69. The molecule has 33 heavy (non-hydrogen) atoms. The Labute approximate surface area is 208 Å². The van der Waals surface area contributed by atoms with Gasteiger partial charge in [-0.1, -0.05) is 29.8 Å². The first-order valence-corrected chi connectivity index (χ1v) is 11.6. The highest BCUT2D eigenvalue weighted by molar-refractivity contribution is 9.10. The van der Waals surface area contributed by atoms with Gasteiger partial charge in [-0.05, 0) is 52.8 Å². The summed E-state index contributed by atoms with van der Waals surface area (Å²) in [6, 6.07) is 11.0. The predicted molar refractivity (Wildman–Crippen MR) is 132 cm³/mol. The molecule has 8 nitrogen and oxygen atoms in total. The van der Waals surface area contributed by atoms with Crippen LogP contribution in [0.5, 0.6) is 11.5 Å². The Kier molecular flexibility index (Phi) is 8.93. The maximum atomic E-state index is 11.9. The minimum atomic E-state index is -0.623. The Bertz CT molecular complexity index is 1150. The zero-order chi connectivity index (χ0) is 23.8. The van der Waals surface area contributed by atoms with Crippen molar-refractivity contribution in [3.8, 4) is 11.5 Å². The van der Waals surface area contributed by atoms with Gasteiger partial charge in [-0.15, -0.1) is 5.10 Å². The van der Waals surface area contributed by atoms with Crippen LogP contribution in [0.4, 0.5) is 0 Å². The normalized spacial score (nSPS) is 15.8. The number of methoxy groups -OCH3 is 1. The molecule has 0 spiro atoms. The van der Waals surface area contributed by atoms with Crippen LogP contribution in [0, 0.1) is 0 Å². The molecule has 0 saturated carbocycles. The number of hydrogen-bond acceptors (Lipinski definition) is 8. The van der Waals surface area contributed by atoms with E-state index in [1.807, 2.05) is 25.1 Å². The topological polar surface area (TPSA) is 98.6 Å². The number of carbonyl (C=O) groups is 2. The van der Waals surface area contributed by atoms with Gasteiger partial charge in [0.25, 0.3) is 5.91 Å². The van der Waals surface area contributed by atoms with Crippen molar-refractivity contribution < 1.29 is 23.8 Å². The van der Waals surface area contributed by atoms with Gasteiger partial charge in [-0.25, -0.2) is 4.79 Å². The molecule has 0 aromatic heterocycles. The van der Waals surface area contributed by atoms with Gasteiger partial charge in [0, 0.05) is 26.7 Å². The lowest BCUT2D eigenvalue weighted by Crippen LogP contribution is -2.19. The zero-order valence-corrected chi connectivity index (χ0v) is 20.8. The van der Waals surface area contributed by atoms with E-state index in [9.17, 15) is 9.59 Å². The van der Waals surface area contributed by atoms with E-state index in [0.717, 1.165) is 23.4 Å². The molecule has 0 atom stereocenters. The third-order valence-electron chi connectivity index (χ3n) is 4.15. The number of amides is 1. The van der Waals surface area contributed by atoms with Gasteiger partial charge in [-0.2, -0.15) is 5.10 Å². The van der Waals surface area contributed by atoms with Crippen molar-refractivity contribution in [1.29, 1.82) is 0 Å². The number of amidine groups is 1. The van der Waals surface area contributed by atoms with Crippen LogP contribution in [0.1, 0.15) is 18.1 Å². The Balaban J connectivity index is 1.75. The molecule has 1 saturated heterocycles. The highest BCUT2D eigenvalue weighted by atomic mass is 79.9. The average Bonchev–Trinajstić information content (AvgIpc) is 3.14. The number of ether oxygens (including phenoxy) is 3. The molecule has 1 aliphatic rings. The van der Waals surface area contributed by atoms with Gasteiger partial charge in [0.15, 0.2) is 16.7 Å². The second-order valence-electron chi connectivity index (χ2n) is 6.37. The molecule has 0 radical (unpaired) electrons. The van der Waals surface area contributed by atoms with E-state index in [4.69, 9.17) is 21.1 Å². The Morgan fingerprint density at radius 1 is 1.24 bits per heavy atom. The Morgan fingerprint density at radius 2 is 2.00 bits per heavy atom. The molecule has 11 heteroatoms. The van der Waals surface area contributed by atoms with Gasteiger partial charge in [0.05, 0.1) is 24.8 Å². The van der Waals surface area contributed by atoms with Crippen molar-refractivity contribution in [1.82, 2.24) is 5.32 Å². The zero-order valence-electron chi connectivity index (χ0n) is 17.6. The number of halogens is 2. The van der Waals surface area contributed by atoms with Crippen molar-refractivity contribution in [3.63, 3.8) is 0 Å². The lowest BCUT2D eigenvalue weighted by molar-refractivity contribution is -0.135. The molecule has 0 unspecified atom stereocenters. The summed E-state index contributed by atoms with van der Waals surface area (Å²) in [5.41, 5.74) is 1.54. The number of nitrogens with zero attached hydrogens (tertiary/aromatic N) is 2. The summed E-state index contributed by atoms with van der Waals surface area (Å²) in [6.45, 7) is 2.60. The van der Waals surface area contributed by atoms with Gasteiger partial charge in [-0.3, -0.25) is 10.1 Å². The quantitative estimate of drug-likeness (QED) is 0.221. The van der Waals surface area contributed by atoms with E-state index < -0.39 is 11.9 Å². The van der Waals surface area contributed by atoms with Crippen LogP contribution < -0.4 is 14.8 Å². The van der Waals surface area contributed by atoms with Crippen molar-refractivity contribution in [2.75, 3.05) is 13.7 Å². The smallest absolute Gasteiger partial charge is 0.331 e. The van der Waals surface area contributed by atoms with Crippen molar-refractivity contribution in [3.05, 3.63) is 68.0 Å². The van der Waals surface area contributed by atoms with E-state index in [1.165, 1.54) is 13.3 Å². The van der Waals surface area contributed by atoms with E-state index >= 15 is 0 Å². The molecule has 1 heterocycles. The number of hydrogen-bond donors (Lipinski definition) is 1. The number of nitrogens with one attached hydrogen (secondary N) is 1. The molecule has 172 valence electrons. The maximum Gasteiger partial charge on any atom is 0.331 e. The van der Waals surface area contributed by atoms with Crippen molar-refractivity contribution >= 4 is 62.6 Å². The first kappa shape index (κ1) is 24.8. The van der Waals surface area contributed by atoms with Crippen LogP contribution in [0.25, 0.3) is 0 Å². The lowest BCUT2D eigenvalue weighted by atomic mass is 10.2. The number of benzene rings is 2. The summed E-state index contributed by atoms with van der Waals surface area (Å²) in [7, 11) is 1.23. The van der Waals surface area contributed by atoms with Crippen LogP contribution in [0.2, 0.25) is 5.02 Å². The monoisotopic (exact) mass is 551 g/mol. The molecular weight excluding hydrogens is 534 g/mol. The summed E-state index contributed by atoms with van der Waals surface area (Å²) in [6.07, 6.45) is 2.60. The number of rotatable bonds is 8. The summed E-state index contributed by atoms with van der Waals surface area (Å²) >= 11 is 10.7. The minimum absolute atomic E-state index is 0.177. The largest absolute Gasteiger partial charge is 0.490 e. The molecule has 1 N–H and O–H groups in total. The fraction of sp³-hybridized carbons (Fsp3) is 0.182. The number of thioether (sulfide) groups is 1. The summed E-state index contributed by atoms with van der Waals surface area (Å²) < 4.78 is 16.9. The van der Waals surface area contributed by atoms with E-state index in [2.05, 4.69) is 36.2 Å².